The average molecular weight is 487 g/mol. The largest absolute Gasteiger partial charge is 0.370 e. The monoisotopic (exact) mass is 486 g/mol. The zero-order valence-corrected chi connectivity index (χ0v) is 22.0. The first-order valence-electron chi connectivity index (χ1n) is 12.9. The number of aromatic nitrogens is 4. The molecule has 0 aliphatic rings. The molecule has 4 rings (SSSR count). The van der Waals surface area contributed by atoms with Gasteiger partial charge in [-0.2, -0.15) is 5.10 Å². The fourth-order valence-electron chi connectivity index (χ4n) is 4.79. The Labute approximate surface area is 213 Å². The molecule has 190 valence electrons. The van der Waals surface area contributed by atoms with E-state index in [2.05, 4.69) is 83.8 Å². The summed E-state index contributed by atoms with van der Waals surface area (Å²) in [6, 6.07) is 12.6. The van der Waals surface area contributed by atoms with Crippen molar-refractivity contribution in [2.75, 3.05) is 35.8 Å². The van der Waals surface area contributed by atoms with Crippen molar-refractivity contribution in [2.24, 2.45) is 0 Å². The Bertz CT molecular complexity index is 1370. The first kappa shape index (κ1) is 25.3. The summed E-state index contributed by atoms with van der Waals surface area (Å²) in [5, 5.41) is 16.2. The number of hydrogen-bond acceptors (Lipinski definition) is 6. The van der Waals surface area contributed by atoms with Gasteiger partial charge in [0.15, 0.2) is 5.82 Å². The third-order valence-corrected chi connectivity index (χ3v) is 6.77. The molecule has 0 saturated carbocycles. The maximum Gasteiger partial charge on any atom is 0.160 e. The summed E-state index contributed by atoms with van der Waals surface area (Å²) in [6.07, 6.45) is 8.93. The molecule has 0 saturated heterocycles. The first-order valence-corrected chi connectivity index (χ1v) is 12.9. The quantitative estimate of drug-likeness (QED) is 0.264. The number of aryl methyl sites for hydroxylation is 1. The summed E-state index contributed by atoms with van der Waals surface area (Å²) in [7, 11) is 1.81. The van der Waals surface area contributed by atoms with E-state index >= 15 is 0 Å². The van der Waals surface area contributed by atoms with Crippen LogP contribution in [0.2, 0.25) is 0 Å². The minimum atomic E-state index is 0.179. The summed E-state index contributed by atoms with van der Waals surface area (Å²) in [5.41, 5.74) is 10.1. The van der Waals surface area contributed by atoms with E-state index in [1.807, 2.05) is 30.0 Å². The van der Waals surface area contributed by atoms with Gasteiger partial charge < -0.3 is 15.6 Å². The number of anilines is 3. The zero-order valence-electron chi connectivity index (χ0n) is 22.0. The van der Waals surface area contributed by atoms with E-state index < -0.39 is 0 Å². The maximum absolute atomic E-state index is 8.22. The minimum Gasteiger partial charge on any atom is -0.370 e. The topological polar surface area (TPSA) is 86.3 Å². The van der Waals surface area contributed by atoms with Crippen molar-refractivity contribution >= 4 is 22.7 Å². The number of hydrogen-bond donors (Lipinski definition) is 3. The Morgan fingerprint density at radius 2 is 1.89 bits per heavy atom. The van der Waals surface area contributed by atoms with Crippen LogP contribution in [0.5, 0.6) is 0 Å². The molecular formula is C28H38N8. The number of nitrogens with one attached hydrogen (secondary N) is 3. The molecule has 1 aromatic carbocycles. The van der Waals surface area contributed by atoms with Crippen LogP contribution in [0.3, 0.4) is 0 Å². The van der Waals surface area contributed by atoms with Crippen LogP contribution in [0.1, 0.15) is 62.6 Å². The molecule has 0 aliphatic carbocycles. The van der Waals surface area contributed by atoms with Crippen molar-refractivity contribution < 1.29 is 0 Å². The summed E-state index contributed by atoms with van der Waals surface area (Å²) < 4.78 is 3.60. The van der Waals surface area contributed by atoms with E-state index in [-0.39, 0.29) is 5.92 Å². The van der Waals surface area contributed by atoms with Gasteiger partial charge in [0.2, 0.25) is 0 Å². The third kappa shape index (κ3) is 5.22. The van der Waals surface area contributed by atoms with Gasteiger partial charge in [0, 0.05) is 44.1 Å². The number of unbranched alkanes of at least 4 members (excludes halogenated alkanes) is 1. The van der Waals surface area contributed by atoms with Crippen molar-refractivity contribution in [1.29, 1.82) is 5.41 Å². The van der Waals surface area contributed by atoms with Crippen LogP contribution in [-0.4, -0.2) is 39.4 Å². The van der Waals surface area contributed by atoms with Gasteiger partial charge in [0.25, 0.3) is 0 Å². The van der Waals surface area contributed by atoms with Crippen LogP contribution >= 0.6 is 0 Å². The highest BCUT2D eigenvalue weighted by Crippen LogP contribution is 2.32. The summed E-state index contributed by atoms with van der Waals surface area (Å²) in [4.78, 5) is 7.07. The second kappa shape index (κ2) is 11.3. The van der Waals surface area contributed by atoms with Gasteiger partial charge >= 0.3 is 0 Å². The van der Waals surface area contributed by atoms with E-state index in [1.54, 1.807) is 11.0 Å². The highest BCUT2D eigenvalue weighted by molar-refractivity contribution is 5.86. The highest BCUT2D eigenvalue weighted by Gasteiger charge is 2.17. The lowest BCUT2D eigenvalue weighted by molar-refractivity contribution is 0.705. The van der Waals surface area contributed by atoms with E-state index in [4.69, 9.17) is 5.41 Å². The molecule has 1 unspecified atom stereocenters. The molecule has 0 radical (unpaired) electrons. The Hall–Kier alpha value is -3.81. The smallest absolute Gasteiger partial charge is 0.160 e. The Morgan fingerprint density at radius 1 is 1.06 bits per heavy atom. The van der Waals surface area contributed by atoms with Gasteiger partial charge in [-0.05, 0) is 66.8 Å². The standard InChI is InChI=1S/C28H38N8/c1-6-8-14-34(13-7-2)25-12-16-36-27(25)28(31-19-32-36)33-23-9-10-24(20(3)17-23)21(4)22-11-15-35(30-5)26(29)18-22/h9-12,15-19,21,29-30H,6-8,13-14H2,1-5H3,(H,31,32,33). The molecule has 0 fully saturated rings. The fraction of sp³-hybridized carbons (Fsp3) is 0.393. The third-order valence-electron chi connectivity index (χ3n) is 6.77. The predicted molar refractivity (Wildman–Crippen MR) is 148 cm³/mol. The molecule has 0 bridgehead atoms. The molecular weight excluding hydrogens is 448 g/mol. The predicted octanol–water partition coefficient (Wildman–Crippen LogP) is 5.40. The van der Waals surface area contributed by atoms with Gasteiger partial charge in [0.1, 0.15) is 17.3 Å². The van der Waals surface area contributed by atoms with Crippen molar-refractivity contribution in [3.8, 4) is 0 Å². The lowest BCUT2D eigenvalue weighted by Crippen LogP contribution is -2.26. The Kier molecular flexibility index (Phi) is 7.93. The zero-order chi connectivity index (χ0) is 25.7. The molecule has 3 aromatic heterocycles. The first-order chi connectivity index (χ1) is 17.5. The molecule has 8 heteroatoms. The van der Waals surface area contributed by atoms with Crippen molar-refractivity contribution in [3.63, 3.8) is 0 Å². The maximum atomic E-state index is 8.22. The minimum absolute atomic E-state index is 0.179. The SMILES string of the molecule is CCCCN(CCC)c1ccn2ncnc(Nc3ccc(C(C)c4ccn(NC)c(=N)c4)c(C)c3)c12. The number of pyridine rings is 1. The highest BCUT2D eigenvalue weighted by atomic mass is 15.4. The van der Waals surface area contributed by atoms with Gasteiger partial charge in [0.05, 0.1) is 5.69 Å². The molecule has 0 amide bonds. The van der Waals surface area contributed by atoms with E-state index in [1.165, 1.54) is 23.2 Å². The summed E-state index contributed by atoms with van der Waals surface area (Å²) in [5.74, 6) is 0.986. The van der Waals surface area contributed by atoms with Gasteiger partial charge in [-0.25, -0.2) is 9.50 Å². The van der Waals surface area contributed by atoms with Crippen LogP contribution in [0.15, 0.2) is 55.1 Å². The molecule has 1 atom stereocenters. The number of benzene rings is 1. The lowest BCUT2D eigenvalue weighted by Gasteiger charge is -2.24. The van der Waals surface area contributed by atoms with Crippen LogP contribution in [-0.2, 0) is 0 Å². The molecule has 0 spiro atoms. The molecule has 4 aromatic rings. The summed E-state index contributed by atoms with van der Waals surface area (Å²) in [6.45, 7) is 10.8. The van der Waals surface area contributed by atoms with E-state index in [9.17, 15) is 0 Å². The molecule has 8 nitrogen and oxygen atoms in total. The van der Waals surface area contributed by atoms with E-state index in [0.717, 1.165) is 48.5 Å². The lowest BCUT2D eigenvalue weighted by atomic mass is 9.90. The van der Waals surface area contributed by atoms with Crippen LogP contribution < -0.4 is 21.1 Å². The Morgan fingerprint density at radius 3 is 2.58 bits per heavy atom. The molecule has 0 aliphatic heterocycles. The second-order valence-electron chi connectivity index (χ2n) is 9.30. The van der Waals surface area contributed by atoms with E-state index in [0.29, 0.717) is 5.49 Å². The summed E-state index contributed by atoms with van der Waals surface area (Å²) >= 11 is 0. The van der Waals surface area contributed by atoms with Crippen molar-refractivity contribution in [3.05, 3.63) is 77.3 Å². The van der Waals surface area contributed by atoms with Crippen molar-refractivity contribution in [1.82, 2.24) is 19.3 Å². The fourth-order valence-corrected chi connectivity index (χ4v) is 4.79. The Balaban J connectivity index is 1.63. The van der Waals surface area contributed by atoms with Crippen LogP contribution in [0, 0.1) is 12.3 Å². The van der Waals surface area contributed by atoms with Gasteiger partial charge in [-0.1, -0.05) is 33.3 Å². The van der Waals surface area contributed by atoms with Gasteiger partial charge in [-0.3, -0.25) is 10.1 Å². The number of rotatable bonds is 11. The average Bonchev–Trinajstić information content (AvgIpc) is 3.31. The molecule has 36 heavy (non-hydrogen) atoms. The van der Waals surface area contributed by atoms with Gasteiger partial charge in [-0.15, -0.1) is 0 Å². The second-order valence-corrected chi connectivity index (χ2v) is 9.30. The molecule has 3 heterocycles. The van der Waals surface area contributed by atoms with Crippen molar-refractivity contribution in [2.45, 2.75) is 52.9 Å². The number of nitrogens with zero attached hydrogens (tertiary/aromatic N) is 5. The van der Waals surface area contributed by atoms with Crippen LogP contribution in [0.25, 0.3) is 5.52 Å². The normalized spacial score (nSPS) is 12.0. The number of fused-ring (bicyclic) bond motifs is 1. The van der Waals surface area contributed by atoms with Crippen LogP contribution in [0.4, 0.5) is 17.2 Å². The molecule has 3 N–H and O–H groups in total.